The van der Waals surface area contributed by atoms with Crippen molar-refractivity contribution >= 4 is 35.1 Å². The van der Waals surface area contributed by atoms with E-state index in [1.54, 1.807) is 29.2 Å². The van der Waals surface area contributed by atoms with Crippen LogP contribution in [-0.4, -0.2) is 34.8 Å². The van der Waals surface area contributed by atoms with Crippen LogP contribution < -0.4 is 0 Å². The second-order valence-corrected chi connectivity index (χ2v) is 6.49. The molecule has 1 aromatic carbocycles. The third-order valence-electron chi connectivity index (χ3n) is 3.97. The van der Waals surface area contributed by atoms with E-state index >= 15 is 0 Å². The van der Waals surface area contributed by atoms with E-state index < -0.39 is 12.1 Å². The van der Waals surface area contributed by atoms with Crippen molar-refractivity contribution in [2.75, 3.05) is 13.1 Å². The molecule has 130 valence electrons. The highest BCUT2D eigenvalue weighted by Crippen LogP contribution is 2.26. The molecular formula is C18H16Cl2N2O3. The van der Waals surface area contributed by atoms with E-state index in [1.165, 1.54) is 12.1 Å². The van der Waals surface area contributed by atoms with E-state index in [-0.39, 0.29) is 21.8 Å². The number of pyridine rings is 1. The molecule has 1 atom stereocenters. The number of esters is 1. The molecule has 1 aliphatic heterocycles. The number of carbonyl (C=O) groups is 2. The third-order valence-corrected chi connectivity index (χ3v) is 4.49. The predicted octanol–water partition coefficient (Wildman–Crippen LogP) is 3.91. The summed E-state index contributed by atoms with van der Waals surface area (Å²) in [6.07, 6.45) is 0.856. The van der Waals surface area contributed by atoms with Gasteiger partial charge in [-0.15, -0.1) is 0 Å². The number of amides is 1. The van der Waals surface area contributed by atoms with Gasteiger partial charge in [-0.05, 0) is 25.0 Å². The van der Waals surface area contributed by atoms with Crippen molar-refractivity contribution in [3.63, 3.8) is 0 Å². The number of aromatic nitrogens is 1. The maximum absolute atomic E-state index is 12.8. The largest absolute Gasteiger partial charge is 0.443 e. The van der Waals surface area contributed by atoms with E-state index in [0.29, 0.717) is 18.7 Å². The minimum absolute atomic E-state index is 0.107. The SMILES string of the molecule is O=C(O[C@@H](C(=O)N1CCCC1)c1ccccc1)c1nc(Cl)ccc1Cl. The van der Waals surface area contributed by atoms with Gasteiger partial charge in [0.1, 0.15) is 5.15 Å². The van der Waals surface area contributed by atoms with E-state index in [0.717, 1.165) is 12.8 Å². The first-order valence-corrected chi connectivity index (χ1v) is 8.68. The first-order chi connectivity index (χ1) is 12.1. The van der Waals surface area contributed by atoms with Crippen molar-refractivity contribution in [3.8, 4) is 0 Å². The van der Waals surface area contributed by atoms with Crippen molar-refractivity contribution < 1.29 is 14.3 Å². The minimum atomic E-state index is -1.04. The summed E-state index contributed by atoms with van der Waals surface area (Å²) in [6.45, 7) is 1.33. The average Bonchev–Trinajstić information content (AvgIpc) is 3.16. The van der Waals surface area contributed by atoms with Crippen LogP contribution in [0.5, 0.6) is 0 Å². The van der Waals surface area contributed by atoms with Crippen LogP contribution in [0.4, 0.5) is 0 Å². The van der Waals surface area contributed by atoms with Gasteiger partial charge in [-0.25, -0.2) is 9.78 Å². The lowest BCUT2D eigenvalue weighted by Gasteiger charge is -2.23. The number of halogens is 2. The smallest absolute Gasteiger partial charge is 0.359 e. The average molecular weight is 379 g/mol. The second kappa shape index (κ2) is 7.85. The highest BCUT2D eigenvalue weighted by molar-refractivity contribution is 6.34. The van der Waals surface area contributed by atoms with Crippen molar-refractivity contribution in [2.45, 2.75) is 18.9 Å². The zero-order valence-electron chi connectivity index (χ0n) is 13.3. The molecule has 1 fully saturated rings. The lowest BCUT2D eigenvalue weighted by atomic mass is 10.1. The van der Waals surface area contributed by atoms with Crippen molar-refractivity contribution in [1.82, 2.24) is 9.88 Å². The van der Waals surface area contributed by atoms with Gasteiger partial charge in [0.15, 0.2) is 5.69 Å². The summed E-state index contributed by atoms with van der Waals surface area (Å²) in [6, 6.07) is 11.9. The Hall–Kier alpha value is -2.11. The number of carbonyl (C=O) groups excluding carboxylic acids is 2. The first kappa shape index (κ1) is 17.7. The van der Waals surface area contributed by atoms with Gasteiger partial charge >= 0.3 is 5.97 Å². The summed E-state index contributed by atoms with van der Waals surface area (Å²) in [5.74, 6) is -1.02. The van der Waals surface area contributed by atoms with Gasteiger partial charge in [-0.1, -0.05) is 53.5 Å². The van der Waals surface area contributed by atoms with Gasteiger partial charge in [0.05, 0.1) is 5.02 Å². The summed E-state index contributed by atoms with van der Waals surface area (Å²) < 4.78 is 5.50. The Morgan fingerprint density at radius 3 is 2.40 bits per heavy atom. The van der Waals surface area contributed by atoms with Crippen molar-refractivity contribution in [2.24, 2.45) is 0 Å². The molecule has 7 heteroatoms. The fourth-order valence-corrected chi connectivity index (χ4v) is 3.05. The van der Waals surface area contributed by atoms with Gasteiger partial charge in [0.2, 0.25) is 6.10 Å². The van der Waals surface area contributed by atoms with Crippen LogP contribution in [0.1, 0.15) is 35.0 Å². The zero-order chi connectivity index (χ0) is 17.8. The molecule has 2 aromatic rings. The number of hydrogen-bond acceptors (Lipinski definition) is 4. The van der Waals surface area contributed by atoms with E-state index in [4.69, 9.17) is 27.9 Å². The number of benzene rings is 1. The molecule has 0 radical (unpaired) electrons. The third kappa shape index (κ3) is 4.11. The second-order valence-electron chi connectivity index (χ2n) is 5.69. The maximum atomic E-state index is 12.8. The molecule has 0 bridgehead atoms. The summed E-state index contributed by atoms with van der Waals surface area (Å²) in [4.78, 5) is 31.0. The molecule has 1 saturated heterocycles. The van der Waals surface area contributed by atoms with Crippen molar-refractivity contribution in [1.29, 1.82) is 0 Å². The normalized spacial score (nSPS) is 15.0. The Labute approximate surface area is 155 Å². The summed E-state index contributed by atoms with van der Waals surface area (Å²) in [7, 11) is 0. The molecule has 0 spiro atoms. The standard InChI is InChI=1S/C18H16Cl2N2O3/c19-13-8-9-14(20)21-15(13)18(24)25-16(12-6-2-1-3-7-12)17(23)22-10-4-5-11-22/h1-3,6-9,16H,4-5,10-11H2/t16-/m1/s1. The number of rotatable bonds is 4. The van der Waals surface area contributed by atoms with Gasteiger partial charge in [0.25, 0.3) is 5.91 Å². The van der Waals surface area contributed by atoms with E-state index in [2.05, 4.69) is 4.98 Å². The molecule has 5 nitrogen and oxygen atoms in total. The van der Waals surface area contributed by atoms with Crippen LogP contribution >= 0.6 is 23.2 Å². The topological polar surface area (TPSA) is 59.5 Å². The molecule has 0 saturated carbocycles. The van der Waals surface area contributed by atoms with Gasteiger partial charge in [-0.3, -0.25) is 4.79 Å². The highest BCUT2D eigenvalue weighted by atomic mass is 35.5. The molecule has 1 aliphatic rings. The molecule has 0 N–H and O–H groups in total. The fourth-order valence-electron chi connectivity index (χ4n) is 2.72. The Morgan fingerprint density at radius 1 is 1.04 bits per heavy atom. The van der Waals surface area contributed by atoms with Crippen LogP contribution in [0.3, 0.4) is 0 Å². The number of nitrogens with zero attached hydrogens (tertiary/aromatic N) is 2. The summed E-state index contributed by atoms with van der Waals surface area (Å²) >= 11 is 11.8. The van der Waals surface area contributed by atoms with Crippen LogP contribution in [0.2, 0.25) is 10.2 Å². The van der Waals surface area contributed by atoms with E-state index in [1.807, 2.05) is 6.07 Å². The first-order valence-electron chi connectivity index (χ1n) is 7.93. The summed E-state index contributed by atoms with van der Waals surface area (Å²) in [5, 5.41) is 0.244. The van der Waals surface area contributed by atoms with Crippen LogP contribution in [-0.2, 0) is 9.53 Å². The monoisotopic (exact) mass is 378 g/mol. The highest BCUT2D eigenvalue weighted by Gasteiger charge is 2.32. The number of hydrogen-bond donors (Lipinski definition) is 0. The lowest BCUT2D eigenvalue weighted by molar-refractivity contribution is -0.140. The van der Waals surface area contributed by atoms with Gasteiger partial charge in [-0.2, -0.15) is 0 Å². The van der Waals surface area contributed by atoms with Crippen LogP contribution in [0.25, 0.3) is 0 Å². The molecule has 25 heavy (non-hydrogen) atoms. The fraction of sp³-hybridized carbons (Fsp3) is 0.278. The zero-order valence-corrected chi connectivity index (χ0v) is 14.8. The molecule has 0 aliphatic carbocycles. The van der Waals surface area contributed by atoms with Crippen LogP contribution in [0.15, 0.2) is 42.5 Å². The predicted molar refractivity (Wildman–Crippen MR) is 94.7 cm³/mol. The molecule has 0 unspecified atom stereocenters. The molecule has 2 heterocycles. The molecular weight excluding hydrogens is 363 g/mol. The maximum Gasteiger partial charge on any atom is 0.359 e. The molecule has 1 amide bonds. The lowest BCUT2D eigenvalue weighted by Crippen LogP contribution is -2.35. The Kier molecular flexibility index (Phi) is 5.56. The van der Waals surface area contributed by atoms with Gasteiger partial charge < -0.3 is 9.64 Å². The quantitative estimate of drug-likeness (QED) is 0.597. The van der Waals surface area contributed by atoms with Gasteiger partial charge in [0, 0.05) is 18.7 Å². The minimum Gasteiger partial charge on any atom is -0.443 e. The van der Waals surface area contributed by atoms with Crippen molar-refractivity contribution in [3.05, 3.63) is 63.9 Å². The van der Waals surface area contributed by atoms with Crippen LogP contribution in [0, 0.1) is 0 Å². The Balaban J connectivity index is 1.88. The molecule has 3 rings (SSSR count). The number of likely N-dealkylation sites (tertiary alicyclic amines) is 1. The Bertz CT molecular complexity index is 777. The summed E-state index contributed by atoms with van der Waals surface area (Å²) in [5.41, 5.74) is 0.496. The molecule has 1 aromatic heterocycles. The number of ether oxygens (including phenoxy) is 1. The van der Waals surface area contributed by atoms with E-state index in [9.17, 15) is 9.59 Å². The Morgan fingerprint density at radius 2 is 1.72 bits per heavy atom.